The van der Waals surface area contributed by atoms with Gasteiger partial charge in [0.05, 0.1) is 18.2 Å². The van der Waals surface area contributed by atoms with Gasteiger partial charge in [-0.25, -0.2) is 0 Å². The van der Waals surface area contributed by atoms with E-state index in [0.717, 1.165) is 22.3 Å². The fourth-order valence-electron chi connectivity index (χ4n) is 4.72. The lowest BCUT2D eigenvalue weighted by atomic mass is 9.81. The van der Waals surface area contributed by atoms with Gasteiger partial charge in [0, 0.05) is 27.1 Å². The van der Waals surface area contributed by atoms with Gasteiger partial charge >= 0.3 is 5.97 Å². The number of carboxylic acids is 1. The zero-order valence-electron chi connectivity index (χ0n) is 18.3. The molecule has 5 heteroatoms. The highest BCUT2D eigenvalue weighted by Crippen LogP contribution is 2.55. The molecular weight excluding hydrogens is 410 g/mol. The van der Waals surface area contributed by atoms with Crippen molar-refractivity contribution in [3.05, 3.63) is 62.3 Å². The number of benzene rings is 2. The summed E-state index contributed by atoms with van der Waals surface area (Å²) in [5, 5.41) is 9.72. The van der Waals surface area contributed by atoms with E-state index in [4.69, 9.17) is 0 Å². The summed E-state index contributed by atoms with van der Waals surface area (Å²) >= 11 is 3.58. The number of carboxylic acid groups (broad SMARTS) is 1. The second-order valence-electron chi connectivity index (χ2n) is 8.08. The van der Waals surface area contributed by atoms with Crippen LogP contribution in [0.2, 0.25) is 0 Å². The van der Waals surface area contributed by atoms with Crippen LogP contribution >= 0.6 is 23.3 Å². The molecule has 2 aromatic carbocycles. The summed E-state index contributed by atoms with van der Waals surface area (Å²) in [4.78, 5) is 14.5. The summed E-state index contributed by atoms with van der Waals surface area (Å²) in [7, 11) is 0. The van der Waals surface area contributed by atoms with Crippen LogP contribution in [0.25, 0.3) is 22.3 Å². The van der Waals surface area contributed by atoms with Gasteiger partial charge in [0.1, 0.15) is 0 Å². The third-order valence-electron chi connectivity index (χ3n) is 6.07. The Morgan fingerprint density at radius 2 is 1.77 bits per heavy atom. The van der Waals surface area contributed by atoms with Crippen LogP contribution in [-0.2, 0) is 11.2 Å². The summed E-state index contributed by atoms with van der Waals surface area (Å²) in [6, 6.07) is 11.0. The molecule has 0 amide bonds. The summed E-state index contributed by atoms with van der Waals surface area (Å²) in [6.07, 6.45) is 2.13. The first-order valence-electron chi connectivity index (χ1n) is 10.1. The van der Waals surface area contributed by atoms with Crippen LogP contribution < -0.4 is 4.31 Å². The average Bonchev–Trinajstić information content (AvgIpc) is 3.08. The lowest BCUT2D eigenvalue weighted by molar-refractivity contribution is -0.136. The second kappa shape index (κ2) is 7.78. The van der Waals surface area contributed by atoms with E-state index in [0.29, 0.717) is 0 Å². The highest BCUT2D eigenvalue weighted by Gasteiger charge is 2.35. The quantitative estimate of drug-likeness (QED) is 0.442. The van der Waals surface area contributed by atoms with Gasteiger partial charge in [-0.15, -0.1) is 11.3 Å². The van der Waals surface area contributed by atoms with Crippen molar-refractivity contribution in [1.82, 2.24) is 0 Å². The van der Waals surface area contributed by atoms with Crippen LogP contribution in [0.15, 0.2) is 30.3 Å². The Morgan fingerprint density at radius 3 is 2.37 bits per heavy atom. The Bertz CT molecular complexity index is 1150. The number of anilines is 1. The molecule has 0 saturated carbocycles. The Kier molecular flexibility index (Phi) is 5.45. The molecule has 3 nitrogen and oxygen atoms in total. The maximum Gasteiger partial charge on any atom is 0.307 e. The molecule has 0 saturated heterocycles. The standard InChI is InChI=1S/C25H27NO2S2/c1-13-7-9-18(10-8-13)22-16(4)23-20-11-14(2)30-25(20)17(5)26(29-6)24(23)15(3)19(22)12-21(27)28/h7-11,17H,12H2,1-6H3,(H,27,28)/t17-/m0/s1. The number of fused-ring (bicyclic) bond motifs is 3. The van der Waals surface area contributed by atoms with Crippen molar-refractivity contribution in [1.29, 1.82) is 0 Å². The van der Waals surface area contributed by atoms with E-state index >= 15 is 0 Å². The van der Waals surface area contributed by atoms with Crippen LogP contribution in [0.1, 0.15) is 45.0 Å². The van der Waals surface area contributed by atoms with Crippen LogP contribution in [-0.4, -0.2) is 17.3 Å². The lowest BCUT2D eigenvalue weighted by Gasteiger charge is -2.38. The normalized spacial score (nSPS) is 15.1. The topological polar surface area (TPSA) is 40.5 Å². The van der Waals surface area contributed by atoms with E-state index in [1.807, 2.05) is 11.3 Å². The number of thiophene rings is 1. The number of hydrogen-bond acceptors (Lipinski definition) is 4. The molecule has 156 valence electrons. The van der Waals surface area contributed by atoms with Crippen LogP contribution in [0.3, 0.4) is 0 Å². The number of aryl methyl sites for hydroxylation is 2. The van der Waals surface area contributed by atoms with E-state index in [1.165, 1.54) is 37.7 Å². The highest BCUT2D eigenvalue weighted by molar-refractivity contribution is 8.00. The second-order valence-corrected chi connectivity index (χ2v) is 10.1. The molecule has 0 aliphatic carbocycles. The predicted octanol–water partition coefficient (Wildman–Crippen LogP) is 7.10. The first kappa shape index (κ1) is 21.0. The van der Waals surface area contributed by atoms with Gasteiger partial charge in [-0.2, -0.15) is 0 Å². The van der Waals surface area contributed by atoms with Gasteiger partial charge in [0.15, 0.2) is 0 Å². The van der Waals surface area contributed by atoms with Crippen LogP contribution in [0.5, 0.6) is 0 Å². The molecule has 1 aliphatic rings. The summed E-state index contributed by atoms with van der Waals surface area (Å²) in [6.45, 7) is 10.7. The minimum atomic E-state index is -0.794. The van der Waals surface area contributed by atoms with Crippen LogP contribution in [0.4, 0.5) is 5.69 Å². The van der Waals surface area contributed by atoms with E-state index in [-0.39, 0.29) is 12.5 Å². The third kappa shape index (κ3) is 3.25. The van der Waals surface area contributed by atoms with Crippen molar-refractivity contribution in [3.63, 3.8) is 0 Å². The van der Waals surface area contributed by atoms with Gasteiger partial charge in [0.25, 0.3) is 0 Å². The van der Waals surface area contributed by atoms with Gasteiger partial charge in [-0.05, 0) is 68.5 Å². The first-order valence-corrected chi connectivity index (χ1v) is 12.1. The van der Waals surface area contributed by atoms with E-state index in [9.17, 15) is 9.90 Å². The molecule has 3 aromatic rings. The van der Waals surface area contributed by atoms with Crippen molar-refractivity contribution < 1.29 is 9.90 Å². The third-order valence-corrected chi connectivity index (χ3v) is 8.18. The average molecular weight is 438 g/mol. The Balaban J connectivity index is 2.13. The molecule has 0 radical (unpaired) electrons. The fraction of sp³-hybridized carbons (Fsp3) is 0.320. The first-order chi connectivity index (χ1) is 14.2. The number of hydrogen-bond donors (Lipinski definition) is 1. The fourth-order valence-corrected chi connectivity index (χ4v) is 6.69. The zero-order chi connectivity index (χ0) is 21.7. The minimum Gasteiger partial charge on any atom is -0.481 e. The molecule has 0 unspecified atom stereocenters. The van der Waals surface area contributed by atoms with Crippen molar-refractivity contribution >= 4 is 34.9 Å². The Labute approximate surface area is 186 Å². The van der Waals surface area contributed by atoms with Crippen molar-refractivity contribution in [2.75, 3.05) is 10.6 Å². The zero-order valence-corrected chi connectivity index (χ0v) is 19.9. The number of aliphatic carboxylic acids is 1. The molecule has 1 N–H and O–H groups in total. The summed E-state index contributed by atoms with van der Waals surface area (Å²) in [5.74, 6) is -0.794. The molecule has 4 rings (SSSR count). The predicted molar refractivity (Wildman–Crippen MR) is 130 cm³/mol. The molecule has 0 fully saturated rings. The highest BCUT2D eigenvalue weighted by atomic mass is 32.2. The molecular formula is C25H27NO2S2. The molecule has 0 spiro atoms. The smallest absolute Gasteiger partial charge is 0.307 e. The van der Waals surface area contributed by atoms with E-state index in [1.54, 1.807) is 11.9 Å². The van der Waals surface area contributed by atoms with E-state index < -0.39 is 5.97 Å². The molecule has 30 heavy (non-hydrogen) atoms. The van der Waals surface area contributed by atoms with Crippen molar-refractivity contribution in [3.8, 4) is 22.3 Å². The maximum atomic E-state index is 11.8. The molecule has 2 heterocycles. The summed E-state index contributed by atoms with van der Waals surface area (Å²) < 4.78 is 2.36. The van der Waals surface area contributed by atoms with Crippen LogP contribution in [0, 0.1) is 27.7 Å². The lowest BCUT2D eigenvalue weighted by Crippen LogP contribution is -2.25. The van der Waals surface area contributed by atoms with Crippen molar-refractivity contribution in [2.45, 2.75) is 47.1 Å². The molecule has 1 aromatic heterocycles. The van der Waals surface area contributed by atoms with Gasteiger partial charge in [0.2, 0.25) is 0 Å². The molecule has 1 aliphatic heterocycles. The molecule has 0 bridgehead atoms. The van der Waals surface area contributed by atoms with E-state index in [2.05, 4.69) is 75.5 Å². The monoisotopic (exact) mass is 437 g/mol. The number of carbonyl (C=O) groups is 1. The van der Waals surface area contributed by atoms with Gasteiger partial charge in [-0.3, -0.25) is 4.79 Å². The van der Waals surface area contributed by atoms with Gasteiger partial charge < -0.3 is 9.41 Å². The number of rotatable bonds is 4. The van der Waals surface area contributed by atoms with Gasteiger partial charge in [-0.1, -0.05) is 41.8 Å². The largest absolute Gasteiger partial charge is 0.481 e. The molecule has 1 atom stereocenters. The number of nitrogens with zero attached hydrogens (tertiary/aromatic N) is 1. The Hall–Kier alpha value is -2.24. The van der Waals surface area contributed by atoms with Crippen molar-refractivity contribution in [2.24, 2.45) is 0 Å². The Morgan fingerprint density at radius 1 is 1.10 bits per heavy atom. The maximum absolute atomic E-state index is 11.8. The summed E-state index contributed by atoms with van der Waals surface area (Å²) in [5.41, 5.74) is 10.2. The minimum absolute atomic E-state index is 0.0231. The SMILES string of the molecule is CSN1c2c(C)c(CC(=O)O)c(-c3ccc(C)cc3)c(C)c2-c2cc(C)sc2[C@@H]1C.